The number of halogens is 3. The molecule has 1 aromatic heterocycles. The van der Waals surface area contributed by atoms with E-state index in [2.05, 4.69) is 5.10 Å². The van der Waals surface area contributed by atoms with Crippen LogP contribution in [0.3, 0.4) is 0 Å². The quantitative estimate of drug-likeness (QED) is 0.664. The molecule has 0 spiro atoms. The topological polar surface area (TPSA) is 27.1 Å². The molecule has 0 saturated carbocycles. The Morgan fingerprint density at radius 2 is 1.65 bits per heavy atom. The highest BCUT2D eigenvalue weighted by molar-refractivity contribution is 6.32. The smallest absolute Gasteiger partial charge is 0.226 e. The molecule has 0 aliphatic heterocycles. The van der Waals surface area contributed by atoms with Crippen LogP contribution in [-0.4, -0.2) is 9.78 Å². The van der Waals surface area contributed by atoms with E-state index in [1.165, 1.54) is 22.9 Å². The summed E-state index contributed by atoms with van der Waals surface area (Å²) < 4.78 is 35.6. The van der Waals surface area contributed by atoms with Crippen molar-refractivity contribution in [3.8, 4) is 22.8 Å². The van der Waals surface area contributed by atoms with Gasteiger partial charge in [0.25, 0.3) is 0 Å². The minimum Gasteiger partial charge on any atom is -0.437 e. The zero-order chi connectivity index (χ0) is 16.6. The molecule has 6 heteroatoms. The number of aromatic nitrogens is 2. The van der Waals surface area contributed by atoms with Crippen molar-refractivity contribution in [2.24, 2.45) is 7.05 Å². The molecule has 0 aliphatic carbocycles. The zero-order valence-electron chi connectivity index (χ0n) is 12.5. The Kier molecular flexibility index (Phi) is 4.05. The fourth-order valence-corrected chi connectivity index (χ4v) is 2.58. The first kappa shape index (κ1) is 15.5. The molecule has 1 heterocycles. The average Bonchev–Trinajstić information content (AvgIpc) is 2.76. The summed E-state index contributed by atoms with van der Waals surface area (Å²) in [6.45, 7) is 1.67. The van der Waals surface area contributed by atoms with Gasteiger partial charge in [0.2, 0.25) is 5.88 Å². The molecule has 3 rings (SSSR count). The number of aryl methyl sites for hydroxylation is 2. The molecular weight excluding hydrogens is 322 g/mol. The van der Waals surface area contributed by atoms with Gasteiger partial charge in [-0.3, -0.25) is 0 Å². The Morgan fingerprint density at radius 3 is 2.30 bits per heavy atom. The number of benzene rings is 2. The van der Waals surface area contributed by atoms with Crippen LogP contribution in [0.2, 0.25) is 5.02 Å². The SMILES string of the molecule is Cc1nn(C)c(Oc2ccccc2Cl)c1-c1c(F)cccc1F. The summed E-state index contributed by atoms with van der Waals surface area (Å²) >= 11 is 6.09. The number of rotatable bonds is 3. The van der Waals surface area contributed by atoms with Gasteiger partial charge in [0.05, 0.1) is 21.8 Å². The third-order valence-corrected chi connectivity index (χ3v) is 3.74. The lowest BCUT2D eigenvalue weighted by molar-refractivity contribution is 0.431. The number of para-hydroxylation sites is 1. The Morgan fingerprint density at radius 1 is 1.00 bits per heavy atom. The standard InChI is InChI=1S/C17H13ClF2N2O/c1-10-15(16-12(19)7-5-8-13(16)20)17(22(2)21-10)23-14-9-4-3-6-11(14)18/h3-9H,1-2H3. The van der Waals surface area contributed by atoms with E-state index in [1.807, 2.05) is 0 Å². The second-order valence-corrected chi connectivity index (χ2v) is 5.43. The van der Waals surface area contributed by atoms with E-state index >= 15 is 0 Å². The molecule has 118 valence electrons. The number of hydrogen-bond acceptors (Lipinski definition) is 2. The second kappa shape index (κ2) is 6.01. The van der Waals surface area contributed by atoms with Crippen LogP contribution in [0.5, 0.6) is 11.6 Å². The summed E-state index contributed by atoms with van der Waals surface area (Å²) in [7, 11) is 1.64. The molecule has 0 radical (unpaired) electrons. The summed E-state index contributed by atoms with van der Waals surface area (Å²) in [5, 5.41) is 4.61. The van der Waals surface area contributed by atoms with Gasteiger partial charge in [-0.15, -0.1) is 0 Å². The molecule has 3 nitrogen and oxygen atoms in total. The Bertz CT molecular complexity index is 857. The molecule has 0 unspecified atom stereocenters. The molecule has 0 N–H and O–H groups in total. The van der Waals surface area contributed by atoms with Crippen molar-refractivity contribution in [1.29, 1.82) is 0 Å². The van der Waals surface area contributed by atoms with Crippen LogP contribution in [0.25, 0.3) is 11.1 Å². The molecule has 2 aromatic carbocycles. The van der Waals surface area contributed by atoms with E-state index in [0.717, 1.165) is 0 Å². The first-order chi connectivity index (χ1) is 11.0. The molecule has 0 aliphatic rings. The van der Waals surface area contributed by atoms with Crippen molar-refractivity contribution in [3.63, 3.8) is 0 Å². The van der Waals surface area contributed by atoms with Gasteiger partial charge in [0.15, 0.2) is 0 Å². The lowest BCUT2D eigenvalue weighted by Crippen LogP contribution is -1.97. The predicted molar refractivity (Wildman–Crippen MR) is 84.8 cm³/mol. The fourth-order valence-electron chi connectivity index (χ4n) is 2.41. The van der Waals surface area contributed by atoms with Crippen LogP contribution in [-0.2, 0) is 7.05 Å². The second-order valence-electron chi connectivity index (χ2n) is 5.02. The van der Waals surface area contributed by atoms with Crippen molar-refractivity contribution in [2.45, 2.75) is 6.92 Å². The van der Waals surface area contributed by atoms with Crippen LogP contribution in [0, 0.1) is 18.6 Å². The molecule has 0 atom stereocenters. The van der Waals surface area contributed by atoms with Gasteiger partial charge < -0.3 is 4.74 Å². The molecule has 23 heavy (non-hydrogen) atoms. The van der Waals surface area contributed by atoms with Crippen LogP contribution < -0.4 is 4.74 Å². The van der Waals surface area contributed by atoms with Gasteiger partial charge in [0.1, 0.15) is 17.4 Å². The maximum Gasteiger partial charge on any atom is 0.226 e. The number of hydrogen-bond donors (Lipinski definition) is 0. The normalized spacial score (nSPS) is 10.8. The predicted octanol–water partition coefficient (Wildman–Crippen LogP) is 5.12. The lowest BCUT2D eigenvalue weighted by Gasteiger charge is -2.11. The number of nitrogens with zero attached hydrogens (tertiary/aromatic N) is 2. The first-order valence-electron chi connectivity index (χ1n) is 6.89. The van der Waals surface area contributed by atoms with Gasteiger partial charge in [-0.1, -0.05) is 29.8 Å². The van der Waals surface area contributed by atoms with Gasteiger partial charge in [-0.25, -0.2) is 13.5 Å². The molecule has 3 aromatic rings. The van der Waals surface area contributed by atoms with E-state index in [0.29, 0.717) is 16.5 Å². The molecule has 0 saturated heterocycles. The molecule has 0 bridgehead atoms. The third kappa shape index (κ3) is 2.80. The van der Waals surface area contributed by atoms with Crippen LogP contribution >= 0.6 is 11.6 Å². The summed E-state index contributed by atoms with van der Waals surface area (Å²) in [6, 6.07) is 10.6. The van der Waals surface area contributed by atoms with Gasteiger partial charge in [-0.2, -0.15) is 5.10 Å². The summed E-state index contributed by atoms with van der Waals surface area (Å²) in [4.78, 5) is 0. The van der Waals surface area contributed by atoms with Crippen molar-refractivity contribution in [2.75, 3.05) is 0 Å². The van der Waals surface area contributed by atoms with Crippen LogP contribution in [0.4, 0.5) is 8.78 Å². The Labute approximate surface area is 137 Å². The minimum atomic E-state index is -0.676. The summed E-state index contributed by atoms with van der Waals surface area (Å²) in [5.74, 6) is -0.745. The highest BCUT2D eigenvalue weighted by atomic mass is 35.5. The first-order valence-corrected chi connectivity index (χ1v) is 7.27. The van der Waals surface area contributed by atoms with E-state index in [-0.39, 0.29) is 17.0 Å². The Balaban J connectivity index is 2.18. The van der Waals surface area contributed by atoms with E-state index in [4.69, 9.17) is 16.3 Å². The van der Waals surface area contributed by atoms with Crippen molar-refractivity contribution in [3.05, 3.63) is 64.8 Å². The maximum absolute atomic E-state index is 14.2. The number of ether oxygens (including phenoxy) is 1. The fraction of sp³-hybridized carbons (Fsp3) is 0.118. The highest BCUT2D eigenvalue weighted by Gasteiger charge is 2.23. The average molecular weight is 335 g/mol. The lowest BCUT2D eigenvalue weighted by atomic mass is 10.0. The summed E-state index contributed by atoms with van der Waals surface area (Å²) in [5.41, 5.74) is 0.557. The maximum atomic E-state index is 14.2. The third-order valence-electron chi connectivity index (χ3n) is 3.43. The van der Waals surface area contributed by atoms with Gasteiger partial charge >= 0.3 is 0 Å². The van der Waals surface area contributed by atoms with E-state index in [1.54, 1.807) is 38.2 Å². The van der Waals surface area contributed by atoms with Crippen molar-refractivity contribution >= 4 is 11.6 Å². The molecule has 0 fully saturated rings. The van der Waals surface area contributed by atoms with Gasteiger partial charge in [0, 0.05) is 7.05 Å². The van der Waals surface area contributed by atoms with Crippen LogP contribution in [0.1, 0.15) is 5.69 Å². The van der Waals surface area contributed by atoms with Gasteiger partial charge in [-0.05, 0) is 31.2 Å². The minimum absolute atomic E-state index is 0.167. The summed E-state index contributed by atoms with van der Waals surface area (Å²) in [6.07, 6.45) is 0. The largest absolute Gasteiger partial charge is 0.437 e. The van der Waals surface area contributed by atoms with Crippen LogP contribution in [0.15, 0.2) is 42.5 Å². The van der Waals surface area contributed by atoms with E-state index < -0.39 is 11.6 Å². The molecular formula is C17H13ClF2N2O. The molecule has 0 amide bonds. The zero-order valence-corrected chi connectivity index (χ0v) is 13.2. The van der Waals surface area contributed by atoms with Crippen molar-refractivity contribution < 1.29 is 13.5 Å². The monoisotopic (exact) mass is 334 g/mol. The van der Waals surface area contributed by atoms with Crippen molar-refractivity contribution in [1.82, 2.24) is 9.78 Å². The van der Waals surface area contributed by atoms with E-state index in [9.17, 15) is 8.78 Å². The Hall–Kier alpha value is -2.40. The highest BCUT2D eigenvalue weighted by Crippen LogP contribution is 2.39.